The highest BCUT2D eigenvalue weighted by atomic mass is 19.1. The Morgan fingerprint density at radius 2 is 2.04 bits per heavy atom. The number of carbonyl (C=O) groups excluding carboxylic acids is 1. The summed E-state index contributed by atoms with van der Waals surface area (Å²) in [5.41, 5.74) is 1.65. The van der Waals surface area contributed by atoms with Gasteiger partial charge in [0.15, 0.2) is 5.69 Å². The van der Waals surface area contributed by atoms with Crippen LogP contribution in [0.15, 0.2) is 47.3 Å². The molecule has 0 radical (unpaired) electrons. The van der Waals surface area contributed by atoms with Crippen LogP contribution >= 0.6 is 0 Å². The highest BCUT2D eigenvalue weighted by molar-refractivity contribution is 5.95. The number of rotatable bonds is 3. The lowest BCUT2D eigenvalue weighted by Crippen LogP contribution is -2.31. The number of nitrogens with one attached hydrogen (secondary N) is 1. The number of hydrogen-bond acceptors (Lipinski definition) is 3. The molecule has 0 atom stereocenters. The first-order chi connectivity index (χ1) is 11.5. The Kier molecular flexibility index (Phi) is 4.12. The molecule has 5 nitrogen and oxygen atoms in total. The lowest BCUT2D eigenvalue weighted by Gasteiger charge is -2.09. The quantitative estimate of drug-likeness (QED) is 0.804. The Hall–Kier alpha value is -3.02. The molecule has 1 amide bonds. The van der Waals surface area contributed by atoms with Crippen molar-refractivity contribution in [2.45, 2.75) is 13.5 Å². The second-order valence-electron chi connectivity index (χ2n) is 5.63. The number of aryl methyl sites for hydroxylation is 2. The summed E-state index contributed by atoms with van der Waals surface area (Å²) in [5, 5.41) is 6.84. The molecule has 24 heavy (non-hydrogen) atoms. The van der Waals surface area contributed by atoms with Crippen LogP contribution < -0.4 is 10.7 Å². The maximum Gasteiger partial charge on any atom is 0.276 e. The second-order valence-corrected chi connectivity index (χ2v) is 5.63. The monoisotopic (exact) mass is 325 g/mol. The maximum atomic E-state index is 13.4. The Morgan fingerprint density at radius 1 is 1.25 bits per heavy atom. The average molecular weight is 325 g/mol. The van der Waals surface area contributed by atoms with E-state index in [2.05, 4.69) is 10.4 Å². The Balaban J connectivity index is 1.92. The molecule has 1 N–H and O–H groups in total. The molecular formula is C18H16FN3O2. The minimum atomic E-state index is -0.580. The molecule has 0 saturated heterocycles. The summed E-state index contributed by atoms with van der Waals surface area (Å²) in [6, 6.07) is 11.5. The zero-order valence-electron chi connectivity index (χ0n) is 13.3. The van der Waals surface area contributed by atoms with Gasteiger partial charge in [-0.15, -0.1) is 0 Å². The van der Waals surface area contributed by atoms with Crippen molar-refractivity contribution in [3.63, 3.8) is 0 Å². The fraction of sp³-hybridized carbons (Fsp3) is 0.167. The number of hydrogen-bond donors (Lipinski definition) is 1. The third kappa shape index (κ3) is 3.03. The van der Waals surface area contributed by atoms with Crippen molar-refractivity contribution in [1.29, 1.82) is 0 Å². The van der Waals surface area contributed by atoms with E-state index >= 15 is 0 Å². The van der Waals surface area contributed by atoms with Crippen LogP contribution in [0.4, 0.5) is 4.39 Å². The van der Waals surface area contributed by atoms with Gasteiger partial charge in [-0.2, -0.15) is 5.10 Å². The predicted octanol–water partition coefficient (Wildman–Crippen LogP) is 2.31. The zero-order valence-corrected chi connectivity index (χ0v) is 13.3. The van der Waals surface area contributed by atoms with Gasteiger partial charge in [0, 0.05) is 13.6 Å². The summed E-state index contributed by atoms with van der Waals surface area (Å²) >= 11 is 0. The first-order valence-corrected chi connectivity index (χ1v) is 7.46. The van der Waals surface area contributed by atoms with Crippen molar-refractivity contribution in [3.8, 4) is 0 Å². The van der Waals surface area contributed by atoms with Gasteiger partial charge in [0.05, 0.1) is 10.9 Å². The molecule has 122 valence electrons. The van der Waals surface area contributed by atoms with Gasteiger partial charge in [0.25, 0.3) is 5.91 Å². The number of amides is 1. The van der Waals surface area contributed by atoms with E-state index in [9.17, 15) is 14.0 Å². The highest BCUT2D eigenvalue weighted by Crippen LogP contribution is 2.11. The van der Waals surface area contributed by atoms with Crippen LogP contribution in [0, 0.1) is 12.7 Å². The Labute approximate surface area is 137 Å². The zero-order chi connectivity index (χ0) is 17.3. The first kappa shape index (κ1) is 15.9. The number of carbonyl (C=O) groups is 1. The van der Waals surface area contributed by atoms with Crippen molar-refractivity contribution in [3.05, 3.63) is 75.3 Å². The molecule has 0 spiro atoms. The van der Waals surface area contributed by atoms with Crippen molar-refractivity contribution < 1.29 is 9.18 Å². The molecule has 0 aliphatic carbocycles. The van der Waals surface area contributed by atoms with Gasteiger partial charge in [-0.25, -0.2) is 4.39 Å². The topological polar surface area (TPSA) is 64.0 Å². The number of aromatic nitrogens is 2. The molecular weight excluding hydrogens is 309 g/mol. The summed E-state index contributed by atoms with van der Waals surface area (Å²) in [6.45, 7) is 2.24. The number of benzene rings is 2. The molecule has 3 aromatic rings. The van der Waals surface area contributed by atoms with Gasteiger partial charge in [-0.3, -0.25) is 14.3 Å². The van der Waals surface area contributed by atoms with E-state index < -0.39 is 17.2 Å². The van der Waals surface area contributed by atoms with E-state index in [1.165, 1.54) is 16.8 Å². The molecule has 3 rings (SSSR count). The van der Waals surface area contributed by atoms with E-state index in [-0.39, 0.29) is 17.6 Å². The molecule has 1 aromatic heterocycles. The van der Waals surface area contributed by atoms with Crippen LogP contribution in [0.25, 0.3) is 10.9 Å². The lowest BCUT2D eigenvalue weighted by molar-refractivity contribution is 0.0943. The highest BCUT2D eigenvalue weighted by Gasteiger charge is 2.16. The van der Waals surface area contributed by atoms with Gasteiger partial charge < -0.3 is 5.32 Å². The van der Waals surface area contributed by atoms with Crippen LogP contribution in [0.1, 0.15) is 21.6 Å². The predicted molar refractivity (Wildman–Crippen MR) is 89.3 cm³/mol. The van der Waals surface area contributed by atoms with Crippen molar-refractivity contribution in [2.75, 3.05) is 0 Å². The summed E-state index contributed by atoms with van der Waals surface area (Å²) in [4.78, 5) is 24.8. The van der Waals surface area contributed by atoms with Crippen LogP contribution in [0.5, 0.6) is 0 Å². The van der Waals surface area contributed by atoms with E-state index in [1.807, 2.05) is 31.2 Å². The van der Waals surface area contributed by atoms with Gasteiger partial charge in [0.1, 0.15) is 5.82 Å². The van der Waals surface area contributed by atoms with Gasteiger partial charge in [0.2, 0.25) is 5.43 Å². The lowest BCUT2D eigenvalue weighted by atomic mass is 10.1. The van der Waals surface area contributed by atoms with Crippen molar-refractivity contribution in [2.24, 2.45) is 7.05 Å². The van der Waals surface area contributed by atoms with Gasteiger partial charge >= 0.3 is 0 Å². The third-order valence-electron chi connectivity index (χ3n) is 3.77. The van der Waals surface area contributed by atoms with Crippen LogP contribution in [-0.2, 0) is 13.6 Å². The van der Waals surface area contributed by atoms with Crippen molar-refractivity contribution >= 4 is 16.8 Å². The summed E-state index contributed by atoms with van der Waals surface area (Å²) in [5.74, 6) is -1.11. The fourth-order valence-electron chi connectivity index (χ4n) is 2.59. The number of fused-ring (bicyclic) bond motifs is 1. The summed E-state index contributed by atoms with van der Waals surface area (Å²) in [6.07, 6.45) is 0. The smallest absolute Gasteiger partial charge is 0.276 e. The van der Waals surface area contributed by atoms with E-state index in [0.717, 1.165) is 17.2 Å². The minimum Gasteiger partial charge on any atom is -0.346 e. The molecule has 0 bridgehead atoms. The molecule has 0 aliphatic heterocycles. The van der Waals surface area contributed by atoms with Gasteiger partial charge in [-0.05, 0) is 30.7 Å². The van der Waals surface area contributed by atoms with Gasteiger partial charge in [-0.1, -0.05) is 29.8 Å². The van der Waals surface area contributed by atoms with E-state index in [4.69, 9.17) is 0 Å². The fourth-order valence-corrected chi connectivity index (χ4v) is 2.59. The van der Waals surface area contributed by atoms with Crippen LogP contribution in [-0.4, -0.2) is 15.7 Å². The molecule has 6 heteroatoms. The summed E-state index contributed by atoms with van der Waals surface area (Å²) in [7, 11) is 1.61. The minimum absolute atomic E-state index is 0.133. The first-order valence-electron chi connectivity index (χ1n) is 7.46. The average Bonchev–Trinajstić information content (AvgIpc) is 2.56. The molecule has 0 fully saturated rings. The van der Waals surface area contributed by atoms with E-state index in [0.29, 0.717) is 5.52 Å². The standard InChI is InChI=1S/C18H16FN3O2/c1-11-4-3-5-12(8-11)10-20-18(24)16-17(23)14-9-13(19)6-7-15(14)22(2)21-16/h3-9H,10H2,1-2H3,(H,20,24). The molecule has 0 saturated carbocycles. The molecule has 1 heterocycles. The third-order valence-corrected chi connectivity index (χ3v) is 3.77. The van der Waals surface area contributed by atoms with Crippen molar-refractivity contribution in [1.82, 2.24) is 15.1 Å². The normalized spacial score (nSPS) is 10.8. The molecule has 2 aromatic carbocycles. The number of halogens is 1. The SMILES string of the molecule is Cc1cccc(CNC(=O)c2nn(C)c3ccc(F)cc3c2=O)c1. The Morgan fingerprint density at radius 3 is 2.79 bits per heavy atom. The molecule has 0 aliphatic rings. The Bertz CT molecular complexity index is 995. The van der Waals surface area contributed by atoms with Crippen LogP contribution in [0.2, 0.25) is 0 Å². The van der Waals surface area contributed by atoms with E-state index in [1.54, 1.807) is 7.05 Å². The number of nitrogens with zero attached hydrogens (tertiary/aromatic N) is 2. The summed E-state index contributed by atoms with van der Waals surface area (Å²) < 4.78 is 14.8. The largest absolute Gasteiger partial charge is 0.346 e. The maximum absolute atomic E-state index is 13.4. The van der Waals surface area contributed by atoms with Crippen LogP contribution in [0.3, 0.4) is 0 Å². The second kappa shape index (κ2) is 6.23. The molecule has 0 unspecified atom stereocenters.